The Morgan fingerprint density at radius 3 is 2.82 bits per heavy atom. The maximum Gasteiger partial charge on any atom is 0.262 e. The van der Waals surface area contributed by atoms with Gasteiger partial charge >= 0.3 is 0 Å². The lowest BCUT2D eigenvalue weighted by atomic mass is 10.1. The van der Waals surface area contributed by atoms with Gasteiger partial charge in [0.05, 0.1) is 17.9 Å². The molecular weight excluding hydrogens is 280 g/mol. The molecule has 1 saturated carbocycles. The van der Waals surface area contributed by atoms with E-state index in [4.69, 9.17) is 4.52 Å². The molecule has 0 spiro atoms. The van der Waals surface area contributed by atoms with Crippen LogP contribution in [0.1, 0.15) is 73.3 Å². The third kappa shape index (κ3) is 2.77. The predicted molar refractivity (Wildman–Crippen MR) is 83.0 cm³/mol. The van der Waals surface area contributed by atoms with Gasteiger partial charge in [-0.05, 0) is 32.6 Å². The second-order valence-corrected chi connectivity index (χ2v) is 5.92. The summed E-state index contributed by atoms with van der Waals surface area (Å²) in [6.07, 6.45) is 5.59. The molecule has 0 bridgehead atoms. The number of nitrogens with one attached hydrogen (secondary N) is 1. The van der Waals surface area contributed by atoms with E-state index < -0.39 is 0 Å². The van der Waals surface area contributed by atoms with E-state index in [1.807, 2.05) is 17.7 Å². The summed E-state index contributed by atoms with van der Waals surface area (Å²) in [5.74, 6) is 1.63. The minimum atomic E-state index is -0.171. The number of carbonyl (C=O) groups is 1. The number of nitrogens with zero attached hydrogens (tertiary/aromatic N) is 3. The van der Waals surface area contributed by atoms with Crippen LogP contribution in [0.15, 0.2) is 16.8 Å². The van der Waals surface area contributed by atoms with Crippen molar-refractivity contribution in [3.8, 4) is 0 Å². The number of hydrogen-bond donors (Lipinski definition) is 1. The van der Waals surface area contributed by atoms with Crippen LogP contribution >= 0.6 is 0 Å². The zero-order valence-corrected chi connectivity index (χ0v) is 13.3. The summed E-state index contributed by atoms with van der Waals surface area (Å²) in [4.78, 5) is 12.5. The number of carbonyl (C=O) groups excluding carboxylic acids is 1. The van der Waals surface area contributed by atoms with Crippen LogP contribution in [0.4, 0.5) is 5.82 Å². The summed E-state index contributed by atoms with van der Waals surface area (Å²) in [5.41, 5.74) is 1.44. The molecule has 2 aromatic heterocycles. The Morgan fingerprint density at radius 1 is 1.45 bits per heavy atom. The van der Waals surface area contributed by atoms with Crippen molar-refractivity contribution in [2.75, 3.05) is 5.32 Å². The van der Waals surface area contributed by atoms with Crippen LogP contribution in [-0.2, 0) is 0 Å². The molecule has 1 amide bonds. The van der Waals surface area contributed by atoms with Gasteiger partial charge < -0.3 is 9.84 Å². The van der Waals surface area contributed by atoms with Gasteiger partial charge in [-0.3, -0.25) is 4.79 Å². The highest BCUT2D eigenvalue weighted by atomic mass is 16.5. The second kappa shape index (κ2) is 5.94. The third-order valence-electron chi connectivity index (χ3n) is 4.18. The van der Waals surface area contributed by atoms with E-state index in [9.17, 15) is 4.79 Å². The molecule has 0 radical (unpaired) electrons. The molecule has 6 nitrogen and oxygen atoms in total. The maximum absolute atomic E-state index is 12.5. The highest BCUT2D eigenvalue weighted by Crippen LogP contribution is 2.41. The minimum absolute atomic E-state index is 0.171. The summed E-state index contributed by atoms with van der Waals surface area (Å²) in [5, 5.41) is 11.3. The molecule has 0 aromatic carbocycles. The fourth-order valence-electron chi connectivity index (χ4n) is 2.77. The Bertz CT molecular complexity index is 665. The van der Waals surface area contributed by atoms with Crippen LogP contribution in [0.5, 0.6) is 0 Å². The molecule has 0 saturated heterocycles. The zero-order valence-electron chi connectivity index (χ0n) is 13.3. The molecular formula is C16H22N4O2. The van der Waals surface area contributed by atoms with Crippen molar-refractivity contribution in [2.45, 2.75) is 58.4 Å². The number of anilines is 1. The van der Waals surface area contributed by atoms with E-state index in [0.29, 0.717) is 17.2 Å². The van der Waals surface area contributed by atoms with Crippen molar-refractivity contribution in [3.63, 3.8) is 0 Å². The molecule has 118 valence electrons. The second-order valence-electron chi connectivity index (χ2n) is 5.92. The van der Waals surface area contributed by atoms with Gasteiger partial charge in [0.1, 0.15) is 11.4 Å². The Morgan fingerprint density at radius 2 is 2.18 bits per heavy atom. The van der Waals surface area contributed by atoms with E-state index in [-0.39, 0.29) is 11.9 Å². The predicted octanol–water partition coefficient (Wildman–Crippen LogP) is 3.67. The topological polar surface area (TPSA) is 73.0 Å². The first-order valence-electron chi connectivity index (χ1n) is 7.96. The average Bonchev–Trinajstić information content (AvgIpc) is 3.11. The quantitative estimate of drug-likeness (QED) is 0.883. The van der Waals surface area contributed by atoms with Crippen LogP contribution in [0.3, 0.4) is 0 Å². The maximum atomic E-state index is 12.5. The summed E-state index contributed by atoms with van der Waals surface area (Å²) in [7, 11) is 0. The lowest BCUT2D eigenvalue weighted by molar-refractivity contribution is 0.102. The fraction of sp³-hybridized carbons (Fsp3) is 0.562. The van der Waals surface area contributed by atoms with Crippen molar-refractivity contribution in [1.82, 2.24) is 14.9 Å². The lowest BCUT2D eigenvalue weighted by Crippen LogP contribution is -2.18. The number of hydrogen-bond acceptors (Lipinski definition) is 4. The van der Waals surface area contributed by atoms with Gasteiger partial charge in [-0.1, -0.05) is 19.0 Å². The molecule has 6 heteroatoms. The summed E-state index contributed by atoms with van der Waals surface area (Å²) in [6, 6.07) is 2.19. The van der Waals surface area contributed by atoms with Crippen LogP contribution < -0.4 is 5.32 Å². The third-order valence-corrected chi connectivity index (χ3v) is 4.18. The zero-order chi connectivity index (χ0) is 15.7. The molecule has 2 aromatic rings. The molecule has 22 heavy (non-hydrogen) atoms. The van der Waals surface area contributed by atoms with E-state index in [0.717, 1.165) is 37.2 Å². The van der Waals surface area contributed by atoms with Gasteiger partial charge in [-0.25, -0.2) is 4.68 Å². The first-order chi connectivity index (χ1) is 10.6. The molecule has 1 N–H and O–H groups in total. The van der Waals surface area contributed by atoms with Crippen molar-refractivity contribution in [3.05, 3.63) is 29.3 Å². The van der Waals surface area contributed by atoms with Crippen molar-refractivity contribution in [1.29, 1.82) is 0 Å². The molecule has 2 heterocycles. The summed E-state index contributed by atoms with van der Waals surface area (Å²) < 4.78 is 7.15. The molecule has 1 aliphatic rings. The van der Waals surface area contributed by atoms with Crippen molar-refractivity contribution >= 4 is 11.7 Å². The SMILES string of the molecule is CCC(CC)n1nc(C)cc1NC(=O)c1cnoc1C1CC1. The van der Waals surface area contributed by atoms with Gasteiger partial charge in [0, 0.05) is 12.0 Å². The Kier molecular flexibility index (Phi) is 4.00. The highest BCUT2D eigenvalue weighted by Gasteiger charge is 2.32. The largest absolute Gasteiger partial charge is 0.360 e. The number of aryl methyl sites for hydroxylation is 1. The van der Waals surface area contributed by atoms with Gasteiger partial charge in [0.2, 0.25) is 0 Å². The van der Waals surface area contributed by atoms with Crippen LogP contribution in [-0.4, -0.2) is 20.8 Å². The first-order valence-corrected chi connectivity index (χ1v) is 7.96. The standard InChI is InChI=1S/C16H22N4O2/c1-4-12(5-2)20-14(8-10(3)19-20)18-16(21)13-9-17-22-15(13)11-6-7-11/h8-9,11-12H,4-7H2,1-3H3,(H,18,21). The number of aromatic nitrogens is 3. The Labute approximate surface area is 129 Å². The molecule has 0 aliphatic heterocycles. The molecule has 1 fully saturated rings. The Balaban J connectivity index is 1.83. The van der Waals surface area contributed by atoms with Gasteiger partial charge in [-0.15, -0.1) is 0 Å². The highest BCUT2D eigenvalue weighted by molar-refractivity contribution is 6.04. The van der Waals surface area contributed by atoms with Crippen molar-refractivity contribution < 1.29 is 9.32 Å². The number of rotatable bonds is 6. The molecule has 0 unspecified atom stereocenters. The van der Waals surface area contributed by atoms with E-state index in [1.165, 1.54) is 6.20 Å². The normalized spacial score (nSPS) is 14.5. The van der Waals surface area contributed by atoms with Gasteiger partial charge in [0.15, 0.2) is 5.76 Å². The van der Waals surface area contributed by atoms with E-state index in [1.54, 1.807) is 0 Å². The van der Waals surface area contributed by atoms with Crippen LogP contribution in [0.2, 0.25) is 0 Å². The van der Waals surface area contributed by atoms with Gasteiger partial charge in [-0.2, -0.15) is 5.10 Å². The number of amides is 1. The smallest absolute Gasteiger partial charge is 0.262 e. The minimum Gasteiger partial charge on any atom is -0.360 e. The van der Waals surface area contributed by atoms with Crippen LogP contribution in [0.25, 0.3) is 0 Å². The molecule has 1 aliphatic carbocycles. The Hall–Kier alpha value is -2.11. The summed E-state index contributed by atoms with van der Waals surface area (Å²) in [6.45, 7) is 6.19. The monoisotopic (exact) mass is 302 g/mol. The first kappa shape index (κ1) is 14.8. The van der Waals surface area contributed by atoms with Crippen molar-refractivity contribution in [2.24, 2.45) is 0 Å². The van der Waals surface area contributed by atoms with Gasteiger partial charge in [0.25, 0.3) is 5.91 Å². The van der Waals surface area contributed by atoms with Crippen LogP contribution in [0, 0.1) is 6.92 Å². The molecule has 0 atom stereocenters. The van der Waals surface area contributed by atoms with E-state index >= 15 is 0 Å². The lowest BCUT2D eigenvalue weighted by Gasteiger charge is -2.16. The molecule has 3 rings (SSSR count). The van der Waals surface area contributed by atoms with E-state index in [2.05, 4.69) is 29.4 Å². The average molecular weight is 302 g/mol. The summed E-state index contributed by atoms with van der Waals surface area (Å²) >= 11 is 0. The fourth-order valence-corrected chi connectivity index (χ4v) is 2.77.